The molecule has 34 heavy (non-hydrogen) atoms. The number of aliphatic carboxylic acids is 1. The molecule has 176 valence electrons. The zero-order valence-corrected chi connectivity index (χ0v) is 18.5. The molecule has 0 spiro atoms. The van der Waals surface area contributed by atoms with Crippen LogP contribution in [0.25, 0.3) is 0 Å². The van der Waals surface area contributed by atoms with Crippen molar-refractivity contribution in [3.63, 3.8) is 0 Å². The highest BCUT2D eigenvalue weighted by Gasteiger charge is 2.47. The molecular weight excluding hydrogens is 449 g/mol. The van der Waals surface area contributed by atoms with Crippen LogP contribution in [0.5, 0.6) is 0 Å². The molecular formula is C24H21F3N4O3. The fourth-order valence-corrected chi connectivity index (χ4v) is 4.09. The van der Waals surface area contributed by atoms with Crippen LogP contribution in [0.2, 0.25) is 0 Å². The Bertz CT molecular complexity index is 1230. The molecule has 10 heteroatoms. The Morgan fingerprint density at radius 1 is 1.15 bits per heavy atom. The van der Waals surface area contributed by atoms with Crippen LogP contribution in [0.4, 0.5) is 18.9 Å². The van der Waals surface area contributed by atoms with Gasteiger partial charge in [-0.1, -0.05) is 18.2 Å². The highest BCUT2D eigenvalue weighted by molar-refractivity contribution is 6.15. The Morgan fingerprint density at radius 2 is 1.76 bits per heavy atom. The number of halogens is 3. The van der Waals surface area contributed by atoms with Crippen LogP contribution in [0, 0.1) is 22.7 Å². The van der Waals surface area contributed by atoms with Crippen molar-refractivity contribution in [3.8, 4) is 6.07 Å². The van der Waals surface area contributed by atoms with Crippen LogP contribution >= 0.6 is 0 Å². The number of carboxylic acids is 1. The number of carbonyl (C=O) groups excluding carboxylic acids is 1. The third-order valence-electron chi connectivity index (χ3n) is 5.67. The summed E-state index contributed by atoms with van der Waals surface area (Å²) in [6.07, 6.45) is -4.65. The quantitative estimate of drug-likeness (QED) is 0.696. The molecule has 2 atom stereocenters. The lowest BCUT2D eigenvalue weighted by Crippen LogP contribution is -2.50. The number of carboxylic acid groups (broad SMARTS) is 1. The zero-order valence-electron chi connectivity index (χ0n) is 18.5. The van der Waals surface area contributed by atoms with Gasteiger partial charge in [-0.25, -0.2) is 4.79 Å². The van der Waals surface area contributed by atoms with Gasteiger partial charge in [0.1, 0.15) is 11.8 Å². The Labute approximate surface area is 193 Å². The molecule has 0 bridgehead atoms. The molecule has 0 aliphatic carbocycles. The van der Waals surface area contributed by atoms with E-state index in [4.69, 9.17) is 10.7 Å². The molecule has 0 aromatic heterocycles. The van der Waals surface area contributed by atoms with E-state index >= 15 is 0 Å². The van der Waals surface area contributed by atoms with Gasteiger partial charge in [-0.2, -0.15) is 18.4 Å². The fraction of sp³-hybridized carbons (Fsp3) is 0.250. The molecule has 1 amide bonds. The SMILES string of the molecule is CC1=C(C(=O)O)C(c2ccc(C#N)cc2)C(C(=O)N(C)C)C(=N)N1c1cccc(C(F)(F)F)c1. The smallest absolute Gasteiger partial charge is 0.416 e. The zero-order chi connectivity index (χ0) is 25.4. The number of amides is 1. The van der Waals surface area contributed by atoms with E-state index in [0.29, 0.717) is 11.1 Å². The average Bonchev–Trinajstić information content (AvgIpc) is 2.77. The second kappa shape index (κ2) is 9.02. The Balaban J connectivity index is 2.30. The Kier molecular flexibility index (Phi) is 6.50. The summed E-state index contributed by atoms with van der Waals surface area (Å²) in [5.41, 5.74) is -0.525. The van der Waals surface area contributed by atoms with Gasteiger partial charge in [-0.05, 0) is 42.8 Å². The largest absolute Gasteiger partial charge is 0.478 e. The average molecular weight is 470 g/mol. The minimum absolute atomic E-state index is 0.0222. The number of hydrogen-bond acceptors (Lipinski definition) is 4. The maximum Gasteiger partial charge on any atom is 0.416 e. The maximum atomic E-state index is 13.3. The van der Waals surface area contributed by atoms with Crippen molar-refractivity contribution >= 4 is 23.4 Å². The summed E-state index contributed by atoms with van der Waals surface area (Å²) in [4.78, 5) is 27.9. The first-order valence-corrected chi connectivity index (χ1v) is 10.1. The van der Waals surface area contributed by atoms with Crippen LogP contribution in [0.15, 0.2) is 59.8 Å². The van der Waals surface area contributed by atoms with Crippen molar-refractivity contribution < 1.29 is 27.9 Å². The van der Waals surface area contributed by atoms with Crippen LogP contribution in [-0.4, -0.2) is 41.8 Å². The summed E-state index contributed by atoms with van der Waals surface area (Å²) in [5, 5.41) is 28.0. The van der Waals surface area contributed by atoms with Crippen molar-refractivity contribution in [2.24, 2.45) is 5.92 Å². The Morgan fingerprint density at radius 3 is 2.26 bits per heavy atom. The number of benzene rings is 2. The predicted molar refractivity (Wildman–Crippen MR) is 118 cm³/mol. The van der Waals surface area contributed by atoms with Gasteiger partial charge in [0.2, 0.25) is 5.91 Å². The van der Waals surface area contributed by atoms with E-state index in [1.165, 1.54) is 56.3 Å². The molecule has 0 fully saturated rings. The van der Waals surface area contributed by atoms with Gasteiger partial charge in [-0.15, -0.1) is 0 Å². The minimum Gasteiger partial charge on any atom is -0.478 e. The van der Waals surface area contributed by atoms with E-state index in [-0.39, 0.29) is 22.8 Å². The highest BCUT2D eigenvalue weighted by atomic mass is 19.4. The molecule has 2 unspecified atom stereocenters. The molecule has 1 aliphatic rings. The van der Waals surface area contributed by atoms with Crippen molar-refractivity contribution in [2.45, 2.75) is 19.0 Å². The molecule has 1 aliphatic heterocycles. The molecule has 7 nitrogen and oxygen atoms in total. The van der Waals surface area contributed by atoms with Crippen LogP contribution in [0.3, 0.4) is 0 Å². The van der Waals surface area contributed by atoms with Crippen molar-refractivity contribution in [2.75, 3.05) is 19.0 Å². The van der Waals surface area contributed by atoms with E-state index < -0.39 is 35.5 Å². The number of nitriles is 1. The number of amidine groups is 1. The van der Waals surface area contributed by atoms with E-state index in [2.05, 4.69) is 0 Å². The molecule has 2 N–H and O–H groups in total. The minimum atomic E-state index is -4.65. The first-order chi connectivity index (χ1) is 15.9. The number of hydrogen-bond donors (Lipinski definition) is 2. The first-order valence-electron chi connectivity index (χ1n) is 10.1. The van der Waals surface area contributed by atoms with Gasteiger partial charge < -0.3 is 14.9 Å². The molecule has 3 rings (SSSR count). The van der Waals surface area contributed by atoms with E-state index in [1.54, 1.807) is 0 Å². The van der Waals surface area contributed by atoms with Crippen molar-refractivity contribution in [1.82, 2.24) is 4.90 Å². The topological polar surface area (TPSA) is 108 Å². The number of rotatable bonds is 4. The lowest BCUT2D eigenvalue weighted by molar-refractivity contribution is -0.138. The first kappa shape index (κ1) is 24.5. The third-order valence-corrected chi connectivity index (χ3v) is 5.67. The normalized spacial score (nSPS) is 18.5. The summed E-state index contributed by atoms with van der Waals surface area (Å²) in [6, 6.07) is 12.1. The Hall–Kier alpha value is -4.13. The lowest BCUT2D eigenvalue weighted by Gasteiger charge is -2.41. The third kappa shape index (κ3) is 4.37. The molecule has 2 aromatic rings. The molecule has 2 aromatic carbocycles. The summed E-state index contributed by atoms with van der Waals surface area (Å²) >= 11 is 0. The second-order valence-corrected chi connectivity index (χ2v) is 7.99. The molecule has 0 radical (unpaired) electrons. The van der Waals surface area contributed by atoms with Gasteiger partial charge >= 0.3 is 12.1 Å². The monoisotopic (exact) mass is 470 g/mol. The molecule has 0 saturated carbocycles. The number of alkyl halides is 3. The summed E-state index contributed by atoms with van der Waals surface area (Å²) < 4.78 is 40.0. The fourth-order valence-electron chi connectivity index (χ4n) is 4.09. The van der Waals surface area contributed by atoms with Gasteiger partial charge in [0.15, 0.2) is 0 Å². The molecule has 0 saturated heterocycles. The van der Waals surface area contributed by atoms with Gasteiger partial charge in [0.25, 0.3) is 0 Å². The number of nitrogens with one attached hydrogen (secondary N) is 1. The van der Waals surface area contributed by atoms with Crippen LogP contribution < -0.4 is 4.90 Å². The summed E-state index contributed by atoms with van der Waals surface area (Å²) in [7, 11) is 2.90. The number of nitrogens with zero attached hydrogens (tertiary/aromatic N) is 3. The predicted octanol–water partition coefficient (Wildman–Crippen LogP) is 4.22. The second-order valence-electron chi connectivity index (χ2n) is 7.99. The summed E-state index contributed by atoms with van der Waals surface area (Å²) in [6.45, 7) is 1.39. The van der Waals surface area contributed by atoms with Crippen LogP contribution in [-0.2, 0) is 15.8 Å². The highest BCUT2D eigenvalue weighted by Crippen LogP contribution is 2.44. The van der Waals surface area contributed by atoms with Gasteiger partial charge in [-0.3, -0.25) is 10.2 Å². The van der Waals surface area contributed by atoms with Crippen molar-refractivity contribution in [1.29, 1.82) is 10.7 Å². The van der Waals surface area contributed by atoms with Crippen LogP contribution in [0.1, 0.15) is 29.5 Å². The number of anilines is 1. The molecule has 1 heterocycles. The summed E-state index contributed by atoms with van der Waals surface area (Å²) in [5.74, 6) is -4.72. The maximum absolute atomic E-state index is 13.3. The van der Waals surface area contributed by atoms with E-state index in [9.17, 15) is 27.9 Å². The van der Waals surface area contributed by atoms with Crippen molar-refractivity contribution in [3.05, 3.63) is 76.5 Å². The van der Waals surface area contributed by atoms with E-state index in [1.807, 2.05) is 6.07 Å². The van der Waals surface area contributed by atoms with E-state index in [0.717, 1.165) is 23.1 Å². The number of allylic oxidation sites excluding steroid dienone is 1. The van der Waals surface area contributed by atoms with Gasteiger partial charge in [0, 0.05) is 31.4 Å². The number of carbonyl (C=O) groups is 2. The standard InChI is InChI=1S/C24H21F3N4O3/c1-13-18(23(33)34)19(15-9-7-14(12-28)8-10-15)20(22(32)30(2)3)21(29)31(13)17-6-4-5-16(11-17)24(25,26)27/h4-11,19-20,29H,1-3H3,(H,33,34). The lowest BCUT2D eigenvalue weighted by atomic mass is 9.74. The van der Waals surface area contributed by atoms with Gasteiger partial charge in [0.05, 0.1) is 22.8 Å².